The van der Waals surface area contributed by atoms with Crippen molar-refractivity contribution in [2.24, 2.45) is 23.5 Å². The second-order valence-corrected chi connectivity index (χ2v) is 13.7. The molecule has 2 aromatic carbocycles. The Hall–Kier alpha value is -3.76. The van der Waals surface area contributed by atoms with E-state index in [0.29, 0.717) is 28.4 Å². The summed E-state index contributed by atoms with van der Waals surface area (Å²) in [5.74, 6) is -2.60. The van der Waals surface area contributed by atoms with Crippen LogP contribution in [0.15, 0.2) is 42.5 Å². The quantitative estimate of drug-likeness (QED) is 0.167. The number of carbonyl (C=O) groups excluding carboxylic acids is 3. The number of carboxylic acid groups (broad SMARTS) is 1. The van der Waals surface area contributed by atoms with Crippen LogP contribution in [-0.2, 0) is 33.8 Å². The van der Waals surface area contributed by atoms with Crippen LogP contribution in [0.2, 0.25) is 10.0 Å². The van der Waals surface area contributed by atoms with Gasteiger partial charge < -0.3 is 26.5 Å². The number of benzene rings is 2. The first-order valence-corrected chi connectivity index (χ1v) is 16.4. The number of halogens is 2. The Labute approximate surface area is 279 Å². The van der Waals surface area contributed by atoms with E-state index >= 15 is 0 Å². The number of H-pyrrole nitrogens is 1. The van der Waals surface area contributed by atoms with Gasteiger partial charge in [-0.1, -0.05) is 94.6 Å². The molecule has 1 aromatic heterocycles. The van der Waals surface area contributed by atoms with Gasteiger partial charge in [-0.3, -0.25) is 19.3 Å². The molecule has 46 heavy (non-hydrogen) atoms. The summed E-state index contributed by atoms with van der Waals surface area (Å²) in [4.78, 5) is 58.6. The first kappa shape index (κ1) is 35.1. The molecule has 1 aliphatic rings. The van der Waals surface area contributed by atoms with Crippen LogP contribution < -0.4 is 16.4 Å². The predicted molar refractivity (Wildman–Crippen MR) is 180 cm³/mol. The number of primary amides is 1. The topological polar surface area (TPSA) is 158 Å². The fraction of sp³-hybridized carbons (Fsp3) is 0.471. The lowest BCUT2D eigenvalue weighted by molar-refractivity contribution is -0.139. The average molecular weight is 673 g/mol. The third-order valence-corrected chi connectivity index (χ3v) is 10.0. The zero-order chi connectivity index (χ0) is 33.9. The van der Waals surface area contributed by atoms with E-state index in [1.54, 1.807) is 36.4 Å². The van der Waals surface area contributed by atoms with Crippen molar-refractivity contribution in [2.75, 3.05) is 0 Å². The summed E-state index contributed by atoms with van der Waals surface area (Å²) in [6.45, 7) is 9.36. The molecule has 0 aliphatic heterocycles. The van der Waals surface area contributed by atoms with Crippen LogP contribution >= 0.6 is 23.2 Å². The number of rotatable bonds is 12. The van der Waals surface area contributed by atoms with Gasteiger partial charge >= 0.3 is 6.09 Å². The Bertz CT molecular complexity index is 1610. The van der Waals surface area contributed by atoms with E-state index in [1.807, 2.05) is 40.7 Å². The minimum absolute atomic E-state index is 0.0219. The molecular formula is C34H43Cl2N5O5. The highest BCUT2D eigenvalue weighted by atomic mass is 35.5. The van der Waals surface area contributed by atoms with Gasteiger partial charge in [-0.15, -0.1) is 0 Å². The normalized spacial score (nSPS) is 18.7. The molecule has 12 heteroatoms. The molecule has 10 nitrogen and oxygen atoms in total. The highest BCUT2D eigenvalue weighted by Gasteiger charge is 2.48. The molecule has 2 unspecified atom stereocenters. The van der Waals surface area contributed by atoms with Gasteiger partial charge in [0.25, 0.3) is 0 Å². The third kappa shape index (κ3) is 7.28. The number of aryl methyl sites for hydroxylation is 1. The van der Waals surface area contributed by atoms with E-state index in [9.17, 15) is 24.3 Å². The van der Waals surface area contributed by atoms with Crippen molar-refractivity contribution >= 4 is 57.9 Å². The number of aromatic nitrogens is 1. The second-order valence-electron chi connectivity index (χ2n) is 12.8. The van der Waals surface area contributed by atoms with Crippen LogP contribution in [0.3, 0.4) is 0 Å². The Kier molecular flexibility index (Phi) is 10.9. The summed E-state index contributed by atoms with van der Waals surface area (Å²) in [5.41, 5.74) is 7.18. The first-order chi connectivity index (χ1) is 21.7. The first-order valence-electron chi connectivity index (χ1n) is 15.6. The molecule has 0 saturated heterocycles. The smallest absolute Gasteiger partial charge is 0.408 e. The van der Waals surface area contributed by atoms with Gasteiger partial charge in [0.05, 0.1) is 10.5 Å². The Balaban J connectivity index is 1.81. The van der Waals surface area contributed by atoms with Crippen molar-refractivity contribution in [1.82, 2.24) is 20.5 Å². The summed E-state index contributed by atoms with van der Waals surface area (Å²) < 4.78 is 0. The molecule has 1 aliphatic carbocycles. The number of hydrogen-bond acceptors (Lipinski definition) is 4. The lowest BCUT2D eigenvalue weighted by Gasteiger charge is -2.41. The fourth-order valence-corrected chi connectivity index (χ4v) is 6.78. The number of amides is 4. The lowest BCUT2D eigenvalue weighted by Crippen LogP contribution is -2.67. The van der Waals surface area contributed by atoms with Crippen molar-refractivity contribution in [1.29, 1.82) is 0 Å². The van der Waals surface area contributed by atoms with E-state index in [1.165, 1.54) is 0 Å². The third-order valence-electron chi connectivity index (χ3n) is 9.50. The van der Waals surface area contributed by atoms with Gasteiger partial charge in [0.1, 0.15) is 17.6 Å². The minimum atomic E-state index is -1.54. The van der Waals surface area contributed by atoms with Gasteiger partial charge in [-0.2, -0.15) is 0 Å². The van der Waals surface area contributed by atoms with Crippen LogP contribution in [0.1, 0.15) is 64.3 Å². The van der Waals surface area contributed by atoms with E-state index in [0.717, 1.165) is 27.1 Å². The van der Waals surface area contributed by atoms with E-state index in [2.05, 4.69) is 15.6 Å². The summed E-state index contributed by atoms with van der Waals surface area (Å²) in [7, 11) is 0. The van der Waals surface area contributed by atoms with Crippen LogP contribution in [0.25, 0.3) is 10.9 Å². The minimum Gasteiger partial charge on any atom is -0.465 e. The predicted octanol–water partition coefficient (Wildman–Crippen LogP) is 5.68. The second kappa shape index (κ2) is 14.3. The highest BCUT2D eigenvalue weighted by Crippen LogP contribution is 2.38. The maximum absolute atomic E-state index is 14.5. The summed E-state index contributed by atoms with van der Waals surface area (Å²) in [6, 6.07) is 10.3. The Morgan fingerprint density at radius 3 is 2.35 bits per heavy atom. The Morgan fingerprint density at radius 1 is 1.09 bits per heavy atom. The number of nitrogens with one attached hydrogen (secondary N) is 3. The molecule has 0 saturated carbocycles. The number of nitrogens with zero attached hydrogens (tertiary/aromatic N) is 1. The van der Waals surface area contributed by atoms with Gasteiger partial charge in [-0.05, 0) is 53.9 Å². The SMILES string of the molecule is CC[C@H](C)[C@H](NC(=O)[C@@]1(NC(=O)C(C(C)C(C)C)N(Cc2ccccc2)C(=O)O)CCc2[nH]c3c(Cl)cc(Cl)cc3c2C1)C(N)=O. The van der Waals surface area contributed by atoms with Gasteiger partial charge in [-0.25, -0.2) is 4.79 Å². The number of carbonyl (C=O) groups is 4. The van der Waals surface area contributed by atoms with Crippen LogP contribution in [0.4, 0.5) is 4.79 Å². The molecule has 5 atom stereocenters. The number of aromatic amines is 1. The molecule has 4 amide bonds. The maximum Gasteiger partial charge on any atom is 0.408 e. The molecule has 0 spiro atoms. The maximum atomic E-state index is 14.5. The molecule has 0 radical (unpaired) electrons. The monoisotopic (exact) mass is 671 g/mol. The van der Waals surface area contributed by atoms with Crippen LogP contribution in [0, 0.1) is 17.8 Å². The van der Waals surface area contributed by atoms with E-state index < -0.39 is 47.4 Å². The molecule has 3 aromatic rings. The van der Waals surface area contributed by atoms with Crippen molar-refractivity contribution in [3.63, 3.8) is 0 Å². The molecule has 1 heterocycles. The van der Waals surface area contributed by atoms with Gasteiger partial charge in [0.2, 0.25) is 17.7 Å². The van der Waals surface area contributed by atoms with Crippen molar-refractivity contribution in [3.05, 3.63) is 69.3 Å². The standard InChI is InChI=1S/C34H43Cl2N5O5/c1-6-19(4)27(30(37)42)39-32(44)34(13-12-26-24(16-34)23-14-22(35)15-25(36)28(23)38-26)40-31(43)29(20(5)18(2)3)41(33(45)46)17-21-10-8-7-9-11-21/h7-11,14-15,18-20,27,29,38H,6,12-13,16-17H2,1-5H3,(H2,37,42)(H,39,44)(H,40,43)(H,45,46)/t19-,20?,27-,29?,34+/m0/s1. The molecule has 0 bridgehead atoms. The van der Waals surface area contributed by atoms with Crippen molar-refractivity contribution in [2.45, 2.75) is 84.5 Å². The molecular weight excluding hydrogens is 629 g/mol. The van der Waals surface area contributed by atoms with E-state index in [4.69, 9.17) is 28.9 Å². The number of fused-ring (bicyclic) bond motifs is 3. The lowest BCUT2D eigenvalue weighted by atomic mass is 9.77. The fourth-order valence-electron chi connectivity index (χ4n) is 6.24. The highest BCUT2D eigenvalue weighted by molar-refractivity contribution is 6.38. The number of hydrogen-bond donors (Lipinski definition) is 5. The van der Waals surface area contributed by atoms with Gasteiger partial charge in [0.15, 0.2) is 0 Å². The van der Waals surface area contributed by atoms with E-state index in [-0.39, 0.29) is 31.2 Å². The summed E-state index contributed by atoms with van der Waals surface area (Å²) in [6.07, 6.45) is -0.0779. The number of nitrogens with two attached hydrogens (primary N) is 1. The molecule has 4 rings (SSSR count). The summed E-state index contributed by atoms with van der Waals surface area (Å²) >= 11 is 12.9. The van der Waals surface area contributed by atoms with Crippen LogP contribution in [0.5, 0.6) is 0 Å². The zero-order valence-corrected chi connectivity index (χ0v) is 28.3. The molecule has 6 N–H and O–H groups in total. The molecule has 0 fully saturated rings. The molecule has 248 valence electrons. The Morgan fingerprint density at radius 2 is 1.76 bits per heavy atom. The van der Waals surface area contributed by atoms with Crippen molar-refractivity contribution in [3.8, 4) is 0 Å². The zero-order valence-electron chi connectivity index (χ0n) is 26.8. The summed E-state index contributed by atoms with van der Waals surface area (Å²) in [5, 5.41) is 17.8. The largest absolute Gasteiger partial charge is 0.465 e. The van der Waals surface area contributed by atoms with Crippen LogP contribution in [-0.4, -0.2) is 56.4 Å². The van der Waals surface area contributed by atoms with Gasteiger partial charge in [0, 0.05) is 29.1 Å². The van der Waals surface area contributed by atoms with Crippen molar-refractivity contribution < 1.29 is 24.3 Å². The average Bonchev–Trinajstić information content (AvgIpc) is 3.36.